The number of aromatic amines is 1. The van der Waals surface area contributed by atoms with Crippen LogP contribution >= 0.6 is 0 Å². The molecule has 1 heterocycles. The Kier molecular flexibility index (Phi) is 1.77. The van der Waals surface area contributed by atoms with Crippen LogP contribution in [0.3, 0.4) is 0 Å². The van der Waals surface area contributed by atoms with E-state index in [0.29, 0.717) is 0 Å². The van der Waals surface area contributed by atoms with Gasteiger partial charge in [-0.05, 0) is 6.42 Å². The van der Waals surface area contributed by atoms with E-state index in [1.807, 2.05) is 0 Å². The number of aromatic nitrogens is 2. The van der Waals surface area contributed by atoms with Crippen molar-refractivity contribution < 1.29 is 5.11 Å². The Morgan fingerprint density at radius 2 is 2.56 bits per heavy atom. The first kappa shape index (κ1) is 6.20. The summed E-state index contributed by atoms with van der Waals surface area (Å²) in [6.45, 7) is 0. The summed E-state index contributed by atoms with van der Waals surface area (Å²) in [5.74, 6) is 0. The SMILES string of the molecule is BCCc1cnc(O)[nH]1. The van der Waals surface area contributed by atoms with E-state index in [4.69, 9.17) is 5.11 Å². The van der Waals surface area contributed by atoms with Crippen molar-refractivity contribution in [1.29, 1.82) is 0 Å². The Labute approximate surface area is 54.5 Å². The zero-order valence-electron chi connectivity index (χ0n) is 5.39. The normalized spacial score (nSPS) is 9.78. The number of aryl methyl sites for hydroxylation is 1. The first-order valence-corrected chi connectivity index (χ1v) is 3.05. The first-order valence-electron chi connectivity index (χ1n) is 3.05. The number of nitrogens with one attached hydrogen (secondary N) is 1. The van der Waals surface area contributed by atoms with Crippen LogP contribution in [-0.2, 0) is 6.42 Å². The molecule has 2 N–H and O–H groups in total. The number of H-pyrrole nitrogens is 1. The summed E-state index contributed by atoms with van der Waals surface area (Å²) < 4.78 is 0. The summed E-state index contributed by atoms with van der Waals surface area (Å²) in [6.07, 6.45) is 3.67. The lowest BCUT2D eigenvalue weighted by Crippen LogP contribution is -1.81. The van der Waals surface area contributed by atoms with Gasteiger partial charge in [0, 0.05) is 5.69 Å². The van der Waals surface area contributed by atoms with Crippen molar-refractivity contribution in [3.05, 3.63) is 11.9 Å². The van der Waals surface area contributed by atoms with Crippen molar-refractivity contribution in [1.82, 2.24) is 9.97 Å². The molecule has 0 aliphatic carbocycles. The number of rotatable bonds is 2. The van der Waals surface area contributed by atoms with E-state index in [1.165, 1.54) is 0 Å². The maximum atomic E-state index is 8.71. The molecule has 0 spiro atoms. The monoisotopic (exact) mass is 124 g/mol. The van der Waals surface area contributed by atoms with E-state index < -0.39 is 0 Å². The van der Waals surface area contributed by atoms with E-state index in [0.717, 1.165) is 18.4 Å². The summed E-state index contributed by atoms with van der Waals surface area (Å²) in [7, 11) is 2.08. The maximum absolute atomic E-state index is 8.71. The van der Waals surface area contributed by atoms with E-state index in [2.05, 4.69) is 17.8 Å². The lowest BCUT2D eigenvalue weighted by molar-refractivity contribution is 0.435. The molecule has 0 amide bonds. The van der Waals surface area contributed by atoms with Crippen LogP contribution in [-0.4, -0.2) is 22.9 Å². The molecule has 0 unspecified atom stereocenters. The van der Waals surface area contributed by atoms with Gasteiger partial charge in [0.05, 0.1) is 6.20 Å². The van der Waals surface area contributed by atoms with Gasteiger partial charge >= 0.3 is 0 Å². The quantitative estimate of drug-likeness (QED) is 0.532. The molecule has 0 aromatic carbocycles. The van der Waals surface area contributed by atoms with Crippen molar-refractivity contribution in [2.45, 2.75) is 12.7 Å². The highest BCUT2D eigenvalue weighted by molar-refractivity contribution is 6.08. The summed E-state index contributed by atoms with van der Waals surface area (Å²) in [6, 6.07) is 0.0125. The standard InChI is InChI=1S/C5H9BN2O/c6-2-1-4-3-7-5(9)8-4/h3H,1-2,6H2,(H2,7,8,9). The zero-order valence-corrected chi connectivity index (χ0v) is 5.39. The molecule has 0 aliphatic heterocycles. The van der Waals surface area contributed by atoms with E-state index >= 15 is 0 Å². The van der Waals surface area contributed by atoms with Crippen molar-refractivity contribution in [2.24, 2.45) is 0 Å². The molecule has 4 heteroatoms. The molecule has 9 heavy (non-hydrogen) atoms. The van der Waals surface area contributed by atoms with Crippen LogP contribution in [0, 0.1) is 0 Å². The highest BCUT2D eigenvalue weighted by atomic mass is 16.3. The third-order valence-electron chi connectivity index (χ3n) is 1.13. The Bertz CT molecular complexity index is 187. The lowest BCUT2D eigenvalue weighted by atomic mass is 10.0. The molecule has 0 bridgehead atoms. The zero-order chi connectivity index (χ0) is 6.69. The summed E-state index contributed by atoms with van der Waals surface area (Å²) >= 11 is 0. The Morgan fingerprint density at radius 3 is 3.00 bits per heavy atom. The Balaban J connectivity index is 2.61. The van der Waals surface area contributed by atoms with Gasteiger partial charge in [0.25, 0.3) is 6.01 Å². The fourth-order valence-corrected chi connectivity index (χ4v) is 0.744. The summed E-state index contributed by atoms with van der Waals surface area (Å²) in [5.41, 5.74) is 0.995. The van der Waals surface area contributed by atoms with Crippen LogP contribution in [0.1, 0.15) is 5.69 Å². The molecule has 0 saturated carbocycles. The van der Waals surface area contributed by atoms with E-state index in [1.54, 1.807) is 6.20 Å². The average molecular weight is 124 g/mol. The first-order chi connectivity index (χ1) is 4.33. The molecule has 3 nitrogen and oxygen atoms in total. The van der Waals surface area contributed by atoms with Crippen LogP contribution in [0.4, 0.5) is 0 Å². The number of hydrogen-bond donors (Lipinski definition) is 2. The third kappa shape index (κ3) is 1.49. The molecule has 48 valence electrons. The molecular weight excluding hydrogens is 115 g/mol. The Morgan fingerprint density at radius 1 is 1.78 bits per heavy atom. The molecule has 0 fully saturated rings. The van der Waals surface area contributed by atoms with Crippen LogP contribution in [0.5, 0.6) is 6.01 Å². The van der Waals surface area contributed by atoms with Crippen molar-refractivity contribution in [3.8, 4) is 6.01 Å². The highest BCUT2D eigenvalue weighted by Crippen LogP contribution is 2.03. The smallest absolute Gasteiger partial charge is 0.291 e. The minimum Gasteiger partial charge on any atom is -0.480 e. The van der Waals surface area contributed by atoms with Crippen LogP contribution in [0.15, 0.2) is 6.20 Å². The molecule has 1 aromatic rings. The molecule has 1 aromatic heterocycles. The highest BCUT2D eigenvalue weighted by Gasteiger charge is 1.94. The third-order valence-corrected chi connectivity index (χ3v) is 1.13. The van der Waals surface area contributed by atoms with Gasteiger partial charge in [-0.25, -0.2) is 4.98 Å². The van der Waals surface area contributed by atoms with Gasteiger partial charge in [-0.15, -0.1) is 0 Å². The van der Waals surface area contributed by atoms with Gasteiger partial charge in [0.1, 0.15) is 7.85 Å². The lowest BCUT2D eigenvalue weighted by Gasteiger charge is -1.86. The predicted octanol–water partition coefficient (Wildman–Crippen LogP) is -0.291. The maximum Gasteiger partial charge on any atom is 0.291 e. The molecule has 0 atom stereocenters. The van der Waals surface area contributed by atoms with Crippen LogP contribution < -0.4 is 0 Å². The van der Waals surface area contributed by atoms with Gasteiger partial charge in [-0.3, -0.25) is 0 Å². The molecule has 0 radical (unpaired) electrons. The topological polar surface area (TPSA) is 48.9 Å². The van der Waals surface area contributed by atoms with Gasteiger partial charge in [0.2, 0.25) is 0 Å². The minimum atomic E-state index is 0.0125. The van der Waals surface area contributed by atoms with Gasteiger partial charge in [-0.1, -0.05) is 6.32 Å². The number of hydrogen-bond acceptors (Lipinski definition) is 2. The molecule has 0 aliphatic rings. The minimum absolute atomic E-state index is 0.0125. The fourth-order valence-electron chi connectivity index (χ4n) is 0.744. The van der Waals surface area contributed by atoms with E-state index in [-0.39, 0.29) is 6.01 Å². The number of aromatic hydroxyl groups is 1. The van der Waals surface area contributed by atoms with Crippen molar-refractivity contribution >= 4 is 7.85 Å². The van der Waals surface area contributed by atoms with Gasteiger partial charge in [-0.2, -0.15) is 0 Å². The molecule has 0 saturated heterocycles. The van der Waals surface area contributed by atoms with Crippen LogP contribution in [0.2, 0.25) is 6.32 Å². The molecular formula is C5H9BN2O. The second-order valence-electron chi connectivity index (χ2n) is 1.98. The van der Waals surface area contributed by atoms with Gasteiger partial charge < -0.3 is 10.1 Å². The van der Waals surface area contributed by atoms with Crippen molar-refractivity contribution in [2.75, 3.05) is 0 Å². The Hall–Kier alpha value is -0.925. The van der Waals surface area contributed by atoms with E-state index in [9.17, 15) is 0 Å². The summed E-state index contributed by atoms with van der Waals surface area (Å²) in [5, 5.41) is 8.71. The van der Waals surface area contributed by atoms with Crippen molar-refractivity contribution in [3.63, 3.8) is 0 Å². The van der Waals surface area contributed by atoms with Crippen LogP contribution in [0.25, 0.3) is 0 Å². The number of imidazole rings is 1. The predicted molar refractivity (Wildman–Crippen MR) is 37.3 cm³/mol. The fraction of sp³-hybridized carbons (Fsp3) is 0.400. The summed E-state index contributed by atoms with van der Waals surface area (Å²) in [4.78, 5) is 6.36. The van der Waals surface area contributed by atoms with Gasteiger partial charge in [0.15, 0.2) is 0 Å². The number of nitrogens with zero attached hydrogens (tertiary/aromatic N) is 1. The largest absolute Gasteiger partial charge is 0.480 e. The second kappa shape index (κ2) is 2.57. The molecule has 1 rings (SSSR count). The second-order valence-corrected chi connectivity index (χ2v) is 1.98. The average Bonchev–Trinajstić information content (AvgIpc) is 2.17.